The molecule has 1 aliphatic rings. The van der Waals surface area contributed by atoms with Crippen molar-refractivity contribution < 1.29 is 0 Å². The van der Waals surface area contributed by atoms with E-state index in [1.54, 1.807) is 0 Å². The highest BCUT2D eigenvalue weighted by Gasteiger charge is 2.08. The molecule has 0 saturated carbocycles. The van der Waals surface area contributed by atoms with Crippen LogP contribution in [0.15, 0.2) is 16.3 Å². The summed E-state index contributed by atoms with van der Waals surface area (Å²) in [5, 5.41) is 18.7. The number of aromatic nitrogens is 2. The molecule has 2 rings (SSSR count). The minimum atomic E-state index is 0.500. The molecular formula is C8H11N6. The first kappa shape index (κ1) is 8.74. The van der Waals surface area contributed by atoms with Gasteiger partial charge in [0.2, 0.25) is 5.96 Å². The Morgan fingerprint density at radius 2 is 2.36 bits per heavy atom. The largest absolute Gasteiger partial charge is 0.308 e. The van der Waals surface area contributed by atoms with Crippen LogP contribution in [0, 0.1) is 6.92 Å². The van der Waals surface area contributed by atoms with E-state index in [4.69, 9.17) is 0 Å². The normalized spacial score (nSPS) is 14.0. The lowest BCUT2D eigenvalue weighted by molar-refractivity contribution is 0.662. The van der Waals surface area contributed by atoms with Crippen molar-refractivity contribution in [3.05, 3.63) is 11.8 Å². The Morgan fingerprint density at radius 1 is 1.50 bits per heavy atom. The lowest BCUT2D eigenvalue weighted by atomic mass is 10.5. The summed E-state index contributed by atoms with van der Waals surface area (Å²) in [6.07, 6.45) is 1.40. The summed E-state index contributed by atoms with van der Waals surface area (Å²) in [5.74, 6) is 1.39. The van der Waals surface area contributed by atoms with E-state index in [2.05, 4.69) is 25.9 Å². The van der Waals surface area contributed by atoms with Gasteiger partial charge in [-0.15, -0.1) is 10.2 Å². The topological polar surface area (TPSA) is 68.7 Å². The van der Waals surface area contributed by atoms with Gasteiger partial charge in [0, 0.05) is 12.6 Å². The third-order valence-electron chi connectivity index (χ3n) is 1.83. The van der Waals surface area contributed by atoms with Gasteiger partial charge >= 0.3 is 0 Å². The van der Waals surface area contributed by atoms with Crippen molar-refractivity contribution >= 4 is 18.1 Å². The molecule has 0 saturated heterocycles. The summed E-state index contributed by atoms with van der Waals surface area (Å²) in [6.45, 7) is 4.79. The lowest BCUT2D eigenvalue weighted by Crippen LogP contribution is -2.21. The van der Waals surface area contributed by atoms with Crippen LogP contribution in [0.4, 0.5) is 5.82 Å². The molecule has 0 spiro atoms. The molecule has 1 N–H and O–H groups in total. The predicted octanol–water partition coefficient (Wildman–Crippen LogP) is 0.541. The molecule has 0 fully saturated rings. The fourth-order valence-electron chi connectivity index (χ4n) is 1.25. The highest BCUT2D eigenvalue weighted by Crippen LogP contribution is 2.09. The second kappa shape index (κ2) is 3.49. The number of guanidine groups is 1. The summed E-state index contributed by atoms with van der Waals surface area (Å²) in [5.41, 5.74) is 0.967. The van der Waals surface area contributed by atoms with E-state index in [1.165, 1.54) is 6.34 Å². The summed E-state index contributed by atoms with van der Waals surface area (Å²) in [4.78, 5) is 0. The SMILES string of the molecule is CCn1nc(C)cc1NC1=NN=C[N]1. The first-order valence-corrected chi connectivity index (χ1v) is 4.41. The van der Waals surface area contributed by atoms with Crippen molar-refractivity contribution in [3.63, 3.8) is 0 Å². The average Bonchev–Trinajstić information content (AvgIpc) is 2.76. The molecule has 0 unspecified atom stereocenters. The molecule has 1 aliphatic heterocycles. The zero-order valence-corrected chi connectivity index (χ0v) is 8.10. The highest BCUT2D eigenvalue weighted by atomic mass is 15.4. The van der Waals surface area contributed by atoms with Crippen molar-refractivity contribution in [1.82, 2.24) is 15.1 Å². The van der Waals surface area contributed by atoms with Gasteiger partial charge in [0.25, 0.3) is 0 Å². The smallest absolute Gasteiger partial charge is 0.249 e. The summed E-state index contributed by atoms with van der Waals surface area (Å²) >= 11 is 0. The van der Waals surface area contributed by atoms with Crippen LogP contribution in [0.1, 0.15) is 12.6 Å². The van der Waals surface area contributed by atoms with Crippen LogP contribution in [-0.4, -0.2) is 22.1 Å². The zero-order valence-electron chi connectivity index (χ0n) is 8.10. The number of nitrogens with one attached hydrogen (secondary N) is 1. The second-order valence-electron chi connectivity index (χ2n) is 2.90. The maximum atomic E-state index is 4.29. The monoisotopic (exact) mass is 191 g/mol. The van der Waals surface area contributed by atoms with Crippen molar-refractivity contribution in [1.29, 1.82) is 0 Å². The first-order chi connectivity index (χ1) is 6.79. The fraction of sp³-hybridized carbons (Fsp3) is 0.375. The van der Waals surface area contributed by atoms with Gasteiger partial charge in [-0.05, 0) is 13.8 Å². The number of anilines is 1. The van der Waals surface area contributed by atoms with E-state index in [-0.39, 0.29) is 0 Å². The number of aryl methyl sites for hydroxylation is 2. The second-order valence-corrected chi connectivity index (χ2v) is 2.90. The molecule has 0 aliphatic carbocycles. The molecule has 0 amide bonds. The average molecular weight is 191 g/mol. The Kier molecular flexibility index (Phi) is 2.18. The molecule has 6 heteroatoms. The Bertz CT molecular complexity index is 389. The van der Waals surface area contributed by atoms with Crippen molar-refractivity contribution in [3.8, 4) is 0 Å². The van der Waals surface area contributed by atoms with Crippen LogP contribution in [0.2, 0.25) is 0 Å². The minimum absolute atomic E-state index is 0.500. The molecule has 0 atom stereocenters. The number of hydrogen-bond donors (Lipinski definition) is 1. The van der Waals surface area contributed by atoms with E-state index in [0.717, 1.165) is 18.1 Å². The van der Waals surface area contributed by atoms with Gasteiger partial charge in [-0.3, -0.25) is 0 Å². The lowest BCUT2D eigenvalue weighted by Gasteiger charge is -2.05. The molecule has 1 aromatic rings. The highest BCUT2D eigenvalue weighted by molar-refractivity contribution is 6.01. The van der Waals surface area contributed by atoms with E-state index in [1.807, 2.05) is 24.6 Å². The van der Waals surface area contributed by atoms with Gasteiger partial charge in [-0.2, -0.15) is 10.4 Å². The van der Waals surface area contributed by atoms with Crippen LogP contribution < -0.4 is 10.6 Å². The zero-order chi connectivity index (χ0) is 9.97. The minimum Gasteiger partial charge on any atom is -0.308 e. The predicted molar refractivity (Wildman–Crippen MR) is 54.3 cm³/mol. The number of hydrogen-bond acceptors (Lipinski definition) is 4. The fourth-order valence-corrected chi connectivity index (χ4v) is 1.25. The van der Waals surface area contributed by atoms with Gasteiger partial charge < -0.3 is 5.32 Å². The summed E-state index contributed by atoms with van der Waals surface area (Å²) in [6, 6.07) is 1.94. The van der Waals surface area contributed by atoms with Gasteiger partial charge in [-0.25, -0.2) is 4.68 Å². The molecule has 0 bridgehead atoms. The van der Waals surface area contributed by atoms with Gasteiger partial charge in [0.05, 0.1) is 5.69 Å². The standard InChI is InChI=1S/C8H11N6/c1-3-14-7(4-6(2)13-14)11-8-9-5-10-12-8/h4-5H,3H2,1-2H3,(H,11,12). The molecule has 6 nitrogen and oxygen atoms in total. The quantitative estimate of drug-likeness (QED) is 0.741. The Hall–Kier alpha value is -1.85. The maximum absolute atomic E-state index is 4.29. The molecule has 1 aromatic heterocycles. The third kappa shape index (κ3) is 1.59. The van der Waals surface area contributed by atoms with Crippen molar-refractivity contribution in [2.24, 2.45) is 10.2 Å². The van der Waals surface area contributed by atoms with Crippen molar-refractivity contribution in [2.45, 2.75) is 20.4 Å². The van der Waals surface area contributed by atoms with Crippen LogP contribution in [0.5, 0.6) is 0 Å². The summed E-state index contributed by atoms with van der Waals surface area (Å²) in [7, 11) is 0. The molecule has 0 aromatic carbocycles. The van der Waals surface area contributed by atoms with Gasteiger partial charge in [0.15, 0.2) is 0 Å². The number of rotatable bonds is 2. The van der Waals surface area contributed by atoms with Crippen LogP contribution in [0.25, 0.3) is 0 Å². The van der Waals surface area contributed by atoms with Crippen LogP contribution in [-0.2, 0) is 6.54 Å². The summed E-state index contributed by atoms with van der Waals surface area (Å²) < 4.78 is 1.85. The van der Waals surface area contributed by atoms with Crippen LogP contribution in [0.3, 0.4) is 0 Å². The molecule has 14 heavy (non-hydrogen) atoms. The third-order valence-corrected chi connectivity index (χ3v) is 1.83. The van der Waals surface area contributed by atoms with Gasteiger partial charge in [-0.1, -0.05) is 0 Å². The van der Waals surface area contributed by atoms with Crippen molar-refractivity contribution in [2.75, 3.05) is 5.32 Å². The Balaban J connectivity index is 2.15. The van der Waals surface area contributed by atoms with E-state index >= 15 is 0 Å². The maximum Gasteiger partial charge on any atom is 0.249 e. The molecule has 2 heterocycles. The molecule has 73 valence electrons. The number of nitrogens with zero attached hydrogens (tertiary/aromatic N) is 5. The first-order valence-electron chi connectivity index (χ1n) is 4.41. The van der Waals surface area contributed by atoms with E-state index < -0.39 is 0 Å². The van der Waals surface area contributed by atoms with Crippen LogP contribution >= 0.6 is 0 Å². The van der Waals surface area contributed by atoms with Gasteiger partial charge in [0.1, 0.15) is 12.2 Å². The Morgan fingerprint density at radius 3 is 3.00 bits per heavy atom. The van der Waals surface area contributed by atoms with E-state index in [9.17, 15) is 0 Å². The van der Waals surface area contributed by atoms with E-state index in [0.29, 0.717) is 5.96 Å². The Labute approximate surface area is 81.7 Å². The molecule has 1 radical (unpaired) electrons. The molecular weight excluding hydrogens is 180 g/mol.